The summed E-state index contributed by atoms with van der Waals surface area (Å²) in [6, 6.07) is 11.3. The summed E-state index contributed by atoms with van der Waals surface area (Å²) in [5, 5.41) is 5.62. The maximum atomic E-state index is 13.0. The smallest absolute Gasteiger partial charge is 0.258 e. The van der Waals surface area contributed by atoms with Gasteiger partial charge in [0.1, 0.15) is 17.6 Å². The number of ether oxygens (including phenoxy) is 1. The first-order chi connectivity index (χ1) is 15.8. The van der Waals surface area contributed by atoms with Gasteiger partial charge in [-0.3, -0.25) is 14.4 Å². The average molecular weight is 475 g/mol. The van der Waals surface area contributed by atoms with Gasteiger partial charge in [-0.15, -0.1) is 11.8 Å². The second kappa shape index (κ2) is 13.7. The Balaban J connectivity index is 1.92. The standard InChI is InChI=1S/C25H34N2O5S/c1-17(2)13-21(26-23(29)14-32-19-9-6-5-7-10-19)25(30)27-24(18(3)4)22(28)16-33-15-20-11-8-12-31-20/h5-12,17-18,21,24H,13-16H2,1-4H3,(H,26,29)(H,27,30)/t21-,24-/m0/s1. The van der Waals surface area contributed by atoms with Gasteiger partial charge in [0.05, 0.1) is 23.8 Å². The van der Waals surface area contributed by atoms with Gasteiger partial charge in [-0.05, 0) is 42.5 Å². The number of thioether (sulfide) groups is 1. The summed E-state index contributed by atoms with van der Waals surface area (Å²) >= 11 is 1.45. The van der Waals surface area contributed by atoms with Crippen molar-refractivity contribution in [3.8, 4) is 5.75 Å². The zero-order chi connectivity index (χ0) is 24.2. The molecule has 2 aromatic rings. The summed E-state index contributed by atoms with van der Waals surface area (Å²) in [4.78, 5) is 38.3. The van der Waals surface area contributed by atoms with Crippen LogP contribution in [0.4, 0.5) is 0 Å². The quantitative estimate of drug-likeness (QED) is 0.432. The summed E-state index contributed by atoms with van der Waals surface area (Å²) < 4.78 is 10.8. The van der Waals surface area contributed by atoms with Crippen LogP contribution in [0.15, 0.2) is 53.1 Å². The van der Waals surface area contributed by atoms with Gasteiger partial charge < -0.3 is 19.8 Å². The number of carbonyl (C=O) groups is 3. The lowest BCUT2D eigenvalue weighted by Crippen LogP contribution is -2.54. The molecule has 0 aliphatic heterocycles. The second-order valence-corrected chi connectivity index (χ2v) is 9.61. The number of para-hydroxylation sites is 1. The topological polar surface area (TPSA) is 97.6 Å². The van der Waals surface area contributed by atoms with E-state index in [1.165, 1.54) is 11.8 Å². The third-order valence-electron chi connectivity index (χ3n) is 4.85. The van der Waals surface area contributed by atoms with E-state index in [2.05, 4.69) is 10.6 Å². The van der Waals surface area contributed by atoms with Gasteiger partial charge in [0.2, 0.25) is 5.91 Å². The Hall–Kier alpha value is -2.74. The van der Waals surface area contributed by atoms with Gasteiger partial charge in [0, 0.05) is 0 Å². The Morgan fingerprint density at radius 3 is 2.33 bits per heavy atom. The molecule has 0 aliphatic carbocycles. The molecule has 0 saturated carbocycles. The van der Waals surface area contributed by atoms with Crippen molar-refractivity contribution in [1.82, 2.24) is 10.6 Å². The van der Waals surface area contributed by atoms with Crippen LogP contribution in [0, 0.1) is 11.8 Å². The molecule has 0 radical (unpaired) electrons. The van der Waals surface area contributed by atoms with Crippen LogP contribution in [0.1, 0.15) is 39.9 Å². The van der Waals surface area contributed by atoms with Gasteiger partial charge >= 0.3 is 0 Å². The minimum Gasteiger partial charge on any atom is -0.484 e. The normalized spacial score (nSPS) is 12.9. The third-order valence-corrected chi connectivity index (χ3v) is 5.83. The largest absolute Gasteiger partial charge is 0.484 e. The maximum absolute atomic E-state index is 13.0. The molecule has 0 unspecified atom stereocenters. The molecular weight excluding hydrogens is 440 g/mol. The van der Waals surface area contributed by atoms with Gasteiger partial charge in [0.25, 0.3) is 5.91 Å². The zero-order valence-electron chi connectivity index (χ0n) is 19.7. The van der Waals surface area contributed by atoms with Crippen molar-refractivity contribution in [3.05, 3.63) is 54.5 Å². The highest BCUT2D eigenvalue weighted by Crippen LogP contribution is 2.15. The predicted octanol–water partition coefficient (Wildman–Crippen LogP) is 3.83. The fourth-order valence-corrected chi connectivity index (χ4v) is 4.06. The van der Waals surface area contributed by atoms with E-state index in [0.717, 1.165) is 5.76 Å². The van der Waals surface area contributed by atoms with E-state index in [1.807, 2.05) is 58.0 Å². The number of Topliss-reactive ketones (excluding diaryl/α,β-unsaturated/α-hetero) is 1. The number of hydrogen-bond donors (Lipinski definition) is 2. The number of nitrogens with one attached hydrogen (secondary N) is 2. The van der Waals surface area contributed by atoms with Crippen molar-refractivity contribution in [2.45, 2.75) is 52.0 Å². The molecule has 2 amide bonds. The summed E-state index contributed by atoms with van der Waals surface area (Å²) in [5.74, 6) is 1.51. The van der Waals surface area contributed by atoms with Crippen molar-refractivity contribution < 1.29 is 23.5 Å². The van der Waals surface area contributed by atoms with Crippen LogP contribution in [0.3, 0.4) is 0 Å². The lowest BCUT2D eigenvalue weighted by Gasteiger charge is -2.26. The number of rotatable bonds is 14. The van der Waals surface area contributed by atoms with E-state index in [0.29, 0.717) is 17.9 Å². The Morgan fingerprint density at radius 2 is 1.73 bits per heavy atom. The first-order valence-corrected chi connectivity index (χ1v) is 12.3. The van der Waals surface area contributed by atoms with Gasteiger partial charge in [-0.2, -0.15) is 0 Å². The van der Waals surface area contributed by atoms with Crippen molar-refractivity contribution in [1.29, 1.82) is 0 Å². The van der Waals surface area contributed by atoms with Gasteiger partial charge in [-0.1, -0.05) is 45.9 Å². The summed E-state index contributed by atoms with van der Waals surface area (Å²) in [6.07, 6.45) is 2.05. The average Bonchev–Trinajstić information content (AvgIpc) is 3.29. The molecule has 0 aliphatic rings. The number of ketones is 1. The highest BCUT2D eigenvalue weighted by atomic mass is 32.2. The molecule has 0 fully saturated rings. The summed E-state index contributed by atoms with van der Waals surface area (Å²) in [5.41, 5.74) is 0. The molecule has 7 nitrogen and oxygen atoms in total. The Labute approximate surface area is 200 Å². The predicted molar refractivity (Wildman–Crippen MR) is 130 cm³/mol. The van der Waals surface area contributed by atoms with Crippen LogP contribution in [0.2, 0.25) is 0 Å². The minimum atomic E-state index is -0.748. The Kier molecular flexibility index (Phi) is 11.0. The summed E-state index contributed by atoms with van der Waals surface area (Å²) in [7, 11) is 0. The monoisotopic (exact) mass is 474 g/mol. The van der Waals surface area contributed by atoms with Crippen LogP contribution >= 0.6 is 11.8 Å². The Morgan fingerprint density at radius 1 is 1.00 bits per heavy atom. The fourth-order valence-electron chi connectivity index (χ4n) is 3.21. The van der Waals surface area contributed by atoms with E-state index < -0.39 is 12.1 Å². The number of hydrogen-bond acceptors (Lipinski definition) is 6. The molecule has 2 atom stereocenters. The van der Waals surface area contributed by atoms with Gasteiger partial charge in [-0.25, -0.2) is 0 Å². The van der Waals surface area contributed by atoms with E-state index in [1.54, 1.807) is 18.4 Å². The number of furan rings is 1. The molecule has 8 heteroatoms. The molecule has 33 heavy (non-hydrogen) atoms. The summed E-state index contributed by atoms with van der Waals surface area (Å²) in [6.45, 7) is 7.54. The highest BCUT2D eigenvalue weighted by Gasteiger charge is 2.29. The molecule has 180 valence electrons. The fraction of sp³-hybridized carbons (Fsp3) is 0.480. The van der Waals surface area contributed by atoms with E-state index >= 15 is 0 Å². The molecule has 1 heterocycles. The van der Waals surface area contributed by atoms with E-state index in [4.69, 9.17) is 9.15 Å². The molecule has 0 bridgehead atoms. The van der Waals surface area contributed by atoms with E-state index in [9.17, 15) is 14.4 Å². The van der Waals surface area contributed by atoms with Crippen LogP contribution in [-0.4, -0.2) is 42.0 Å². The van der Waals surface area contributed by atoms with Crippen molar-refractivity contribution >= 4 is 29.4 Å². The maximum Gasteiger partial charge on any atom is 0.258 e. The van der Waals surface area contributed by atoms with E-state index in [-0.39, 0.29) is 41.8 Å². The van der Waals surface area contributed by atoms with Crippen LogP contribution in [0.25, 0.3) is 0 Å². The van der Waals surface area contributed by atoms with Gasteiger partial charge in [0.15, 0.2) is 12.4 Å². The van der Waals surface area contributed by atoms with Crippen LogP contribution in [-0.2, 0) is 20.1 Å². The van der Waals surface area contributed by atoms with Crippen molar-refractivity contribution in [2.75, 3.05) is 12.4 Å². The second-order valence-electron chi connectivity index (χ2n) is 8.62. The molecular formula is C25H34N2O5S. The lowest BCUT2D eigenvalue weighted by molar-refractivity contribution is -0.132. The zero-order valence-corrected chi connectivity index (χ0v) is 20.5. The van der Waals surface area contributed by atoms with Crippen molar-refractivity contribution in [3.63, 3.8) is 0 Å². The SMILES string of the molecule is CC(C)C[C@H](NC(=O)COc1ccccc1)C(=O)N[C@H](C(=O)CSCc1ccco1)C(C)C. The molecule has 2 rings (SSSR count). The third kappa shape index (κ3) is 9.74. The molecule has 1 aromatic heterocycles. The van der Waals surface area contributed by atoms with Crippen LogP contribution < -0.4 is 15.4 Å². The molecule has 1 aromatic carbocycles. The lowest BCUT2D eigenvalue weighted by atomic mass is 9.98. The Bertz CT molecular complexity index is 868. The first-order valence-electron chi connectivity index (χ1n) is 11.2. The molecule has 2 N–H and O–H groups in total. The number of benzene rings is 1. The highest BCUT2D eigenvalue weighted by molar-refractivity contribution is 7.99. The van der Waals surface area contributed by atoms with Crippen molar-refractivity contribution in [2.24, 2.45) is 11.8 Å². The number of carbonyl (C=O) groups excluding carboxylic acids is 3. The molecule has 0 spiro atoms. The first kappa shape index (κ1) is 26.5. The van der Waals surface area contributed by atoms with Crippen LogP contribution in [0.5, 0.6) is 5.75 Å². The number of amides is 2. The minimum absolute atomic E-state index is 0.0584. The molecule has 0 saturated heterocycles.